The van der Waals surface area contributed by atoms with E-state index in [9.17, 15) is 9.90 Å². The molecule has 1 N–H and O–H groups in total. The summed E-state index contributed by atoms with van der Waals surface area (Å²) in [6.07, 6.45) is 0.215. The SMILES string of the molecule is COc1cc(COC(=O)Cc2ccccc2)cc(OC)c1O. The first-order valence-corrected chi connectivity index (χ1v) is 6.77. The van der Waals surface area contributed by atoms with Crippen LogP contribution in [0.1, 0.15) is 11.1 Å². The fourth-order valence-corrected chi connectivity index (χ4v) is 2.01. The molecule has 0 heterocycles. The fourth-order valence-electron chi connectivity index (χ4n) is 2.01. The van der Waals surface area contributed by atoms with Crippen LogP contribution in [0, 0.1) is 0 Å². The van der Waals surface area contributed by atoms with E-state index in [2.05, 4.69) is 0 Å². The second kappa shape index (κ2) is 7.36. The van der Waals surface area contributed by atoms with Crippen molar-refractivity contribution in [2.24, 2.45) is 0 Å². The second-order valence-electron chi connectivity index (χ2n) is 4.67. The molecule has 116 valence electrons. The van der Waals surface area contributed by atoms with Crippen LogP contribution in [0.15, 0.2) is 42.5 Å². The summed E-state index contributed by atoms with van der Waals surface area (Å²) in [4.78, 5) is 11.8. The average Bonchev–Trinajstić information content (AvgIpc) is 2.54. The van der Waals surface area contributed by atoms with Gasteiger partial charge in [-0.2, -0.15) is 0 Å². The number of hydrogen-bond donors (Lipinski definition) is 1. The third kappa shape index (κ3) is 3.91. The Kier molecular flexibility index (Phi) is 5.25. The van der Waals surface area contributed by atoms with Gasteiger partial charge in [0.2, 0.25) is 5.75 Å². The van der Waals surface area contributed by atoms with Crippen molar-refractivity contribution < 1.29 is 24.1 Å². The number of esters is 1. The molecule has 5 nitrogen and oxygen atoms in total. The van der Waals surface area contributed by atoms with E-state index in [0.29, 0.717) is 5.56 Å². The molecule has 0 aliphatic carbocycles. The Morgan fingerprint density at radius 3 is 2.14 bits per heavy atom. The van der Waals surface area contributed by atoms with Gasteiger partial charge in [0.25, 0.3) is 0 Å². The molecular formula is C17H18O5. The predicted octanol–water partition coefficient (Wildman–Crippen LogP) is 2.70. The Balaban J connectivity index is 2.00. The van der Waals surface area contributed by atoms with Gasteiger partial charge in [0.05, 0.1) is 20.6 Å². The molecule has 0 aliphatic rings. The Morgan fingerprint density at radius 1 is 1.00 bits per heavy atom. The summed E-state index contributed by atoms with van der Waals surface area (Å²) in [6, 6.07) is 12.6. The van der Waals surface area contributed by atoms with E-state index in [4.69, 9.17) is 14.2 Å². The summed E-state index contributed by atoms with van der Waals surface area (Å²) in [5.41, 5.74) is 1.57. The Hall–Kier alpha value is -2.69. The van der Waals surface area contributed by atoms with Gasteiger partial charge in [-0.15, -0.1) is 0 Å². The van der Waals surface area contributed by atoms with Crippen molar-refractivity contribution in [2.45, 2.75) is 13.0 Å². The second-order valence-corrected chi connectivity index (χ2v) is 4.67. The molecule has 0 saturated carbocycles. The summed E-state index contributed by atoms with van der Waals surface area (Å²) in [5.74, 6) is 0.142. The van der Waals surface area contributed by atoms with Crippen LogP contribution in [0.5, 0.6) is 17.2 Å². The number of aromatic hydroxyl groups is 1. The molecule has 0 atom stereocenters. The van der Waals surface area contributed by atoms with Crippen LogP contribution in [0.4, 0.5) is 0 Å². The first-order valence-electron chi connectivity index (χ1n) is 6.77. The highest BCUT2D eigenvalue weighted by Crippen LogP contribution is 2.37. The Bertz CT molecular complexity index is 612. The monoisotopic (exact) mass is 302 g/mol. The third-order valence-corrected chi connectivity index (χ3v) is 3.13. The van der Waals surface area contributed by atoms with Gasteiger partial charge in [0.1, 0.15) is 6.61 Å². The van der Waals surface area contributed by atoms with E-state index >= 15 is 0 Å². The molecule has 0 fully saturated rings. The fraction of sp³-hybridized carbons (Fsp3) is 0.235. The molecule has 2 aromatic carbocycles. The van der Waals surface area contributed by atoms with E-state index < -0.39 is 0 Å². The maximum Gasteiger partial charge on any atom is 0.310 e. The van der Waals surface area contributed by atoms with Gasteiger partial charge >= 0.3 is 5.97 Å². The van der Waals surface area contributed by atoms with Crippen molar-refractivity contribution in [3.63, 3.8) is 0 Å². The molecule has 0 saturated heterocycles. The zero-order valence-corrected chi connectivity index (χ0v) is 12.5. The Morgan fingerprint density at radius 2 is 1.59 bits per heavy atom. The largest absolute Gasteiger partial charge is 0.502 e. The molecule has 0 bridgehead atoms. The van der Waals surface area contributed by atoms with Gasteiger partial charge in [-0.05, 0) is 23.3 Å². The standard InChI is InChI=1S/C17H18O5/c1-20-14-8-13(9-15(21-2)17(14)19)11-22-16(18)10-12-6-4-3-5-7-12/h3-9,19H,10-11H2,1-2H3. The summed E-state index contributed by atoms with van der Waals surface area (Å²) >= 11 is 0. The van der Waals surface area contributed by atoms with E-state index in [0.717, 1.165) is 5.56 Å². The number of carbonyl (C=O) groups is 1. The summed E-state index contributed by atoms with van der Waals surface area (Å²) in [6.45, 7) is 0.0820. The first kappa shape index (κ1) is 15.7. The number of hydrogen-bond acceptors (Lipinski definition) is 5. The number of carbonyl (C=O) groups excluding carboxylic acids is 1. The van der Waals surface area contributed by atoms with E-state index in [1.165, 1.54) is 14.2 Å². The zero-order chi connectivity index (χ0) is 15.9. The summed E-state index contributed by atoms with van der Waals surface area (Å²) < 4.78 is 15.4. The highest BCUT2D eigenvalue weighted by molar-refractivity contribution is 5.72. The quantitative estimate of drug-likeness (QED) is 0.831. The van der Waals surface area contributed by atoms with E-state index in [-0.39, 0.29) is 36.2 Å². The minimum Gasteiger partial charge on any atom is -0.502 e. The maximum absolute atomic E-state index is 11.8. The molecule has 5 heteroatoms. The van der Waals surface area contributed by atoms with Crippen LogP contribution >= 0.6 is 0 Å². The lowest BCUT2D eigenvalue weighted by atomic mass is 10.1. The molecule has 2 aromatic rings. The number of phenolic OH excluding ortho intramolecular Hbond substituents is 1. The minimum atomic E-state index is -0.322. The highest BCUT2D eigenvalue weighted by Gasteiger charge is 2.12. The molecule has 22 heavy (non-hydrogen) atoms. The normalized spacial score (nSPS) is 10.1. The van der Waals surface area contributed by atoms with Crippen LogP contribution < -0.4 is 9.47 Å². The van der Waals surface area contributed by atoms with E-state index in [1.54, 1.807) is 12.1 Å². The third-order valence-electron chi connectivity index (χ3n) is 3.13. The molecule has 0 spiro atoms. The topological polar surface area (TPSA) is 65.0 Å². The van der Waals surface area contributed by atoms with Crippen LogP contribution in [-0.2, 0) is 22.6 Å². The van der Waals surface area contributed by atoms with Gasteiger partial charge in [0.15, 0.2) is 11.5 Å². The van der Waals surface area contributed by atoms with Crippen LogP contribution in [0.2, 0.25) is 0 Å². The molecule has 0 unspecified atom stereocenters. The number of benzene rings is 2. The molecule has 0 amide bonds. The number of rotatable bonds is 6. The molecule has 0 radical (unpaired) electrons. The lowest BCUT2D eigenvalue weighted by Gasteiger charge is -2.11. The molecule has 0 aromatic heterocycles. The van der Waals surface area contributed by atoms with E-state index in [1.807, 2.05) is 30.3 Å². The van der Waals surface area contributed by atoms with Gasteiger partial charge in [0, 0.05) is 0 Å². The van der Waals surface area contributed by atoms with Crippen molar-refractivity contribution >= 4 is 5.97 Å². The molecule has 0 aliphatic heterocycles. The van der Waals surface area contributed by atoms with Crippen molar-refractivity contribution in [3.8, 4) is 17.2 Å². The zero-order valence-electron chi connectivity index (χ0n) is 12.5. The lowest BCUT2D eigenvalue weighted by molar-refractivity contribution is -0.144. The Labute approximate surface area is 129 Å². The first-order chi connectivity index (χ1) is 10.6. The predicted molar refractivity (Wildman–Crippen MR) is 81.2 cm³/mol. The minimum absolute atomic E-state index is 0.0793. The number of ether oxygens (including phenoxy) is 3. The van der Waals surface area contributed by atoms with Crippen LogP contribution in [0.25, 0.3) is 0 Å². The van der Waals surface area contributed by atoms with Crippen molar-refractivity contribution in [2.75, 3.05) is 14.2 Å². The van der Waals surface area contributed by atoms with Gasteiger partial charge < -0.3 is 19.3 Å². The highest BCUT2D eigenvalue weighted by atomic mass is 16.5. The van der Waals surface area contributed by atoms with Gasteiger partial charge in [-0.1, -0.05) is 30.3 Å². The van der Waals surface area contributed by atoms with Crippen molar-refractivity contribution in [1.29, 1.82) is 0 Å². The van der Waals surface area contributed by atoms with Crippen LogP contribution in [-0.4, -0.2) is 25.3 Å². The molecule has 2 rings (SSSR count). The maximum atomic E-state index is 11.8. The van der Waals surface area contributed by atoms with Crippen molar-refractivity contribution in [1.82, 2.24) is 0 Å². The number of methoxy groups -OCH3 is 2. The smallest absolute Gasteiger partial charge is 0.310 e. The average molecular weight is 302 g/mol. The van der Waals surface area contributed by atoms with Gasteiger partial charge in [-0.25, -0.2) is 0 Å². The summed E-state index contributed by atoms with van der Waals surface area (Å²) in [7, 11) is 2.89. The lowest BCUT2D eigenvalue weighted by Crippen LogP contribution is -2.08. The van der Waals surface area contributed by atoms with Crippen LogP contribution in [0.3, 0.4) is 0 Å². The molecular weight excluding hydrogens is 284 g/mol. The van der Waals surface area contributed by atoms with Crippen molar-refractivity contribution in [3.05, 3.63) is 53.6 Å². The number of phenols is 1. The summed E-state index contributed by atoms with van der Waals surface area (Å²) in [5, 5.41) is 9.83. The van der Waals surface area contributed by atoms with Gasteiger partial charge in [-0.3, -0.25) is 4.79 Å².